The first-order valence-corrected chi connectivity index (χ1v) is 5.68. The van der Waals surface area contributed by atoms with Gasteiger partial charge in [0.25, 0.3) is 0 Å². The standard InChI is InChI=1S/C14H7ClFN3/c15-11-2-1-9(7-17)14(6-11)19-12-3-4-13(16)10(5-12)8-18/h1-6,19H. The van der Waals surface area contributed by atoms with Crippen molar-refractivity contribution in [2.75, 3.05) is 5.32 Å². The quantitative estimate of drug-likeness (QED) is 0.899. The second-order valence-electron chi connectivity index (χ2n) is 3.73. The van der Waals surface area contributed by atoms with E-state index in [9.17, 15) is 4.39 Å². The van der Waals surface area contributed by atoms with Crippen LogP contribution in [0, 0.1) is 28.5 Å². The van der Waals surface area contributed by atoms with E-state index in [0.717, 1.165) is 0 Å². The summed E-state index contributed by atoms with van der Waals surface area (Å²) in [4.78, 5) is 0. The van der Waals surface area contributed by atoms with E-state index in [1.54, 1.807) is 24.3 Å². The molecule has 0 radical (unpaired) electrons. The summed E-state index contributed by atoms with van der Waals surface area (Å²) in [6.45, 7) is 0. The first kappa shape index (κ1) is 12.9. The van der Waals surface area contributed by atoms with Crippen LogP contribution in [0.25, 0.3) is 0 Å². The van der Waals surface area contributed by atoms with E-state index in [1.807, 2.05) is 6.07 Å². The highest BCUT2D eigenvalue weighted by Gasteiger charge is 2.06. The van der Waals surface area contributed by atoms with Gasteiger partial charge in [-0.3, -0.25) is 0 Å². The molecule has 0 unspecified atom stereocenters. The average molecular weight is 272 g/mol. The molecule has 92 valence electrons. The first-order chi connectivity index (χ1) is 9.13. The Labute approximate surface area is 114 Å². The highest BCUT2D eigenvalue weighted by molar-refractivity contribution is 6.30. The van der Waals surface area contributed by atoms with Crippen molar-refractivity contribution in [2.24, 2.45) is 0 Å². The third kappa shape index (κ3) is 2.82. The van der Waals surface area contributed by atoms with Crippen LogP contribution in [0.15, 0.2) is 36.4 Å². The molecule has 0 amide bonds. The Balaban J connectivity index is 2.40. The molecule has 3 nitrogen and oxygen atoms in total. The summed E-state index contributed by atoms with van der Waals surface area (Å²) in [6.07, 6.45) is 0. The van der Waals surface area contributed by atoms with Crippen molar-refractivity contribution in [3.05, 3.63) is 58.4 Å². The van der Waals surface area contributed by atoms with Gasteiger partial charge in [0, 0.05) is 10.7 Å². The van der Waals surface area contributed by atoms with Crippen LogP contribution >= 0.6 is 11.6 Å². The van der Waals surface area contributed by atoms with Crippen molar-refractivity contribution in [3.8, 4) is 12.1 Å². The van der Waals surface area contributed by atoms with Gasteiger partial charge in [-0.15, -0.1) is 0 Å². The summed E-state index contributed by atoms with van der Waals surface area (Å²) >= 11 is 5.86. The van der Waals surface area contributed by atoms with Gasteiger partial charge in [-0.25, -0.2) is 4.39 Å². The van der Waals surface area contributed by atoms with Crippen LogP contribution in [-0.4, -0.2) is 0 Å². The summed E-state index contributed by atoms with van der Waals surface area (Å²) in [5.74, 6) is -0.584. The van der Waals surface area contributed by atoms with Gasteiger partial charge in [0.1, 0.15) is 18.0 Å². The molecule has 0 bridgehead atoms. The van der Waals surface area contributed by atoms with E-state index in [0.29, 0.717) is 22.0 Å². The number of benzene rings is 2. The van der Waals surface area contributed by atoms with Crippen LogP contribution in [0.5, 0.6) is 0 Å². The highest BCUT2D eigenvalue weighted by Crippen LogP contribution is 2.25. The number of nitrogens with one attached hydrogen (secondary N) is 1. The van der Waals surface area contributed by atoms with E-state index in [-0.39, 0.29) is 5.56 Å². The Bertz CT molecular complexity index is 714. The van der Waals surface area contributed by atoms with Gasteiger partial charge in [0.05, 0.1) is 16.8 Å². The van der Waals surface area contributed by atoms with Crippen molar-refractivity contribution in [1.82, 2.24) is 0 Å². The zero-order valence-corrected chi connectivity index (χ0v) is 10.4. The van der Waals surface area contributed by atoms with Crippen LogP contribution in [-0.2, 0) is 0 Å². The molecule has 19 heavy (non-hydrogen) atoms. The SMILES string of the molecule is N#Cc1cc(Nc2cc(Cl)ccc2C#N)ccc1F. The Morgan fingerprint density at radius 2 is 1.74 bits per heavy atom. The van der Waals surface area contributed by atoms with Gasteiger partial charge < -0.3 is 5.32 Å². The van der Waals surface area contributed by atoms with E-state index in [4.69, 9.17) is 22.1 Å². The number of rotatable bonds is 2. The molecule has 0 heterocycles. The van der Waals surface area contributed by atoms with E-state index < -0.39 is 5.82 Å². The number of hydrogen-bond acceptors (Lipinski definition) is 3. The van der Waals surface area contributed by atoms with Crippen molar-refractivity contribution >= 4 is 23.0 Å². The minimum absolute atomic E-state index is 0.0643. The molecular weight excluding hydrogens is 265 g/mol. The molecular formula is C14H7ClFN3. The smallest absolute Gasteiger partial charge is 0.141 e. The fourth-order valence-corrected chi connectivity index (χ4v) is 1.73. The van der Waals surface area contributed by atoms with Gasteiger partial charge in [-0.05, 0) is 36.4 Å². The van der Waals surface area contributed by atoms with Crippen LogP contribution in [0.3, 0.4) is 0 Å². The lowest BCUT2D eigenvalue weighted by Crippen LogP contribution is -1.95. The fraction of sp³-hybridized carbons (Fsp3) is 0. The highest BCUT2D eigenvalue weighted by atomic mass is 35.5. The van der Waals surface area contributed by atoms with Gasteiger partial charge in [-0.1, -0.05) is 11.6 Å². The minimum Gasteiger partial charge on any atom is -0.354 e. The molecule has 1 N–H and O–H groups in total. The van der Waals surface area contributed by atoms with Crippen LogP contribution < -0.4 is 5.32 Å². The second kappa shape index (κ2) is 5.39. The molecule has 5 heteroatoms. The van der Waals surface area contributed by atoms with Crippen LogP contribution in [0.4, 0.5) is 15.8 Å². The Morgan fingerprint density at radius 1 is 1.00 bits per heavy atom. The van der Waals surface area contributed by atoms with Crippen molar-refractivity contribution in [3.63, 3.8) is 0 Å². The maximum Gasteiger partial charge on any atom is 0.141 e. The maximum atomic E-state index is 13.2. The van der Waals surface area contributed by atoms with Crippen LogP contribution in [0.1, 0.15) is 11.1 Å². The number of anilines is 2. The maximum absolute atomic E-state index is 13.2. The van der Waals surface area contributed by atoms with Gasteiger partial charge in [0.2, 0.25) is 0 Å². The predicted octanol–water partition coefficient (Wildman–Crippen LogP) is 3.97. The van der Waals surface area contributed by atoms with Gasteiger partial charge in [-0.2, -0.15) is 10.5 Å². The zero-order chi connectivity index (χ0) is 13.8. The molecule has 2 aromatic rings. The lowest BCUT2D eigenvalue weighted by atomic mass is 10.1. The molecule has 0 fully saturated rings. The largest absolute Gasteiger partial charge is 0.354 e. The molecule has 0 aromatic heterocycles. The van der Waals surface area contributed by atoms with Gasteiger partial charge in [0.15, 0.2) is 0 Å². The molecule has 0 aliphatic carbocycles. The molecule has 0 aliphatic heterocycles. The van der Waals surface area contributed by atoms with E-state index in [1.165, 1.54) is 18.2 Å². The fourth-order valence-electron chi connectivity index (χ4n) is 1.56. The third-order valence-electron chi connectivity index (χ3n) is 2.47. The first-order valence-electron chi connectivity index (χ1n) is 5.30. The molecule has 0 saturated carbocycles. The van der Waals surface area contributed by atoms with Crippen LogP contribution in [0.2, 0.25) is 5.02 Å². The number of nitriles is 2. The molecule has 0 spiro atoms. The predicted molar refractivity (Wildman–Crippen MR) is 70.6 cm³/mol. The topological polar surface area (TPSA) is 59.6 Å². The Kier molecular flexibility index (Phi) is 3.66. The number of hydrogen-bond donors (Lipinski definition) is 1. The third-order valence-corrected chi connectivity index (χ3v) is 2.70. The summed E-state index contributed by atoms with van der Waals surface area (Å²) in [6, 6.07) is 12.6. The summed E-state index contributed by atoms with van der Waals surface area (Å²) in [5.41, 5.74) is 1.36. The molecule has 2 rings (SSSR count). The van der Waals surface area contributed by atoms with E-state index in [2.05, 4.69) is 5.32 Å². The second-order valence-corrected chi connectivity index (χ2v) is 4.17. The normalized spacial score (nSPS) is 9.47. The molecule has 0 aliphatic rings. The Hall–Kier alpha value is -2.56. The lowest BCUT2D eigenvalue weighted by molar-refractivity contribution is 0.624. The summed E-state index contributed by atoms with van der Waals surface area (Å²) < 4.78 is 13.2. The van der Waals surface area contributed by atoms with Gasteiger partial charge >= 0.3 is 0 Å². The van der Waals surface area contributed by atoms with Crippen molar-refractivity contribution in [1.29, 1.82) is 10.5 Å². The number of nitrogens with zero attached hydrogens (tertiary/aromatic N) is 2. The molecule has 2 aromatic carbocycles. The van der Waals surface area contributed by atoms with E-state index >= 15 is 0 Å². The minimum atomic E-state index is -0.584. The lowest BCUT2D eigenvalue weighted by Gasteiger charge is -2.09. The summed E-state index contributed by atoms with van der Waals surface area (Å²) in [7, 11) is 0. The Morgan fingerprint density at radius 3 is 2.42 bits per heavy atom. The summed E-state index contributed by atoms with van der Waals surface area (Å²) in [5, 5.41) is 21.2. The van der Waals surface area contributed by atoms with Crippen molar-refractivity contribution < 1.29 is 4.39 Å². The molecule has 0 saturated heterocycles. The zero-order valence-electron chi connectivity index (χ0n) is 9.61. The van der Waals surface area contributed by atoms with Crippen molar-refractivity contribution in [2.45, 2.75) is 0 Å². The monoisotopic (exact) mass is 271 g/mol. The molecule has 0 atom stereocenters. The number of halogens is 2. The average Bonchev–Trinajstić information content (AvgIpc) is 2.41.